The number of carboxylic acids is 1. The van der Waals surface area contributed by atoms with Crippen molar-refractivity contribution in [2.75, 3.05) is 13.1 Å². The maximum absolute atomic E-state index is 12.5. The third kappa shape index (κ3) is 4.43. The van der Waals surface area contributed by atoms with Crippen LogP contribution in [0.1, 0.15) is 47.5 Å². The summed E-state index contributed by atoms with van der Waals surface area (Å²) in [6.07, 6.45) is 6.28. The molecule has 1 aromatic carbocycles. The highest BCUT2D eigenvalue weighted by Gasteiger charge is 2.24. The second-order valence-corrected chi connectivity index (χ2v) is 6.37. The summed E-state index contributed by atoms with van der Waals surface area (Å²) < 4.78 is 1.73. The molecule has 1 saturated heterocycles. The Hall–Kier alpha value is -2.70. The van der Waals surface area contributed by atoms with E-state index in [9.17, 15) is 9.59 Å². The van der Waals surface area contributed by atoms with Gasteiger partial charge < -0.3 is 10.0 Å². The summed E-state index contributed by atoms with van der Waals surface area (Å²) in [5.74, 6) is -0.565. The zero-order valence-corrected chi connectivity index (χ0v) is 14.0. The van der Waals surface area contributed by atoms with Crippen molar-refractivity contribution in [1.82, 2.24) is 19.7 Å². The maximum atomic E-state index is 12.5. The van der Waals surface area contributed by atoms with Crippen molar-refractivity contribution in [2.45, 2.75) is 38.1 Å². The summed E-state index contributed by atoms with van der Waals surface area (Å²) in [5, 5.41) is 13.2. The molecule has 1 unspecified atom stereocenters. The predicted molar refractivity (Wildman–Crippen MR) is 91.2 cm³/mol. The number of rotatable bonds is 6. The Balaban J connectivity index is 1.56. The molecule has 0 aliphatic carbocycles. The molecule has 1 atom stereocenters. The van der Waals surface area contributed by atoms with Crippen LogP contribution in [0.15, 0.2) is 36.9 Å². The number of hydrogen-bond acceptors (Lipinski definition) is 4. The van der Waals surface area contributed by atoms with Crippen molar-refractivity contribution in [1.29, 1.82) is 0 Å². The number of aromatic carboxylic acids is 1. The second kappa shape index (κ2) is 7.92. The lowest BCUT2D eigenvalue weighted by molar-refractivity contribution is -0.132. The van der Waals surface area contributed by atoms with E-state index in [1.54, 1.807) is 29.2 Å². The van der Waals surface area contributed by atoms with Gasteiger partial charge >= 0.3 is 5.97 Å². The van der Waals surface area contributed by atoms with Gasteiger partial charge in [-0.3, -0.25) is 9.48 Å². The summed E-state index contributed by atoms with van der Waals surface area (Å²) >= 11 is 0. The van der Waals surface area contributed by atoms with Gasteiger partial charge in [0.2, 0.25) is 5.91 Å². The molecule has 0 bridgehead atoms. The smallest absolute Gasteiger partial charge is 0.335 e. The van der Waals surface area contributed by atoms with Crippen molar-refractivity contribution in [3.8, 4) is 0 Å². The number of amides is 1. The van der Waals surface area contributed by atoms with Crippen LogP contribution in [0.25, 0.3) is 0 Å². The van der Waals surface area contributed by atoms with Gasteiger partial charge in [0.25, 0.3) is 0 Å². The predicted octanol–water partition coefficient (Wildman–Crippen LogP) is 2.16. The Morgan fingerprint density at radius 1 is 1.32 bits per heavy atom. The van der Waals surface area contributed by atoms with Crippen LogP contribution in [-0.4, -0.2) is 49.7 Å². The second-order valence-electron chi connectivity index (χ2n) is 6.37. The fraction of sp³-hybridized carbons (Fsp3) is 0.444. The lowest BCUT2D eigenvalue weighted by Crippen LogP contribution is -2.39. The number of carboxylic acid groups (broad SMARTS) is 1. The highest BCUT2D eigenvalue weighted by Crippen LogP contribution is 2.28. The zero-order chi connectivity index (χ0) is 17.6. The average molecular weight is 342 g/mol. The van der Waals surface area contributed by atoms with Crippen molar-refractivity contribution in [3.63, 3.8) is 0 Å². The normalized spacial score (nSPS) is 17.4. The molecule has 2 aromatic rings. The Morgan fingerprint density at radius 3 is 2.96 bits per heavy atom. The van der Waals surface area contributed by atoms with Crippen molar-refractivity contribution < 1.29 is 14.7 Å². The van der Waals surface area contributed by atoms with Gasteiger partial charge in [0, 0.05) is 32.0 Å². The monoisotopic (exact) mass is 342 g/mol. The Bertz CT molecular complexity index is 730. The first kappa shape index (κ1) is 17.1. The first-order valence-electron chi connectivity index (χ1n) is 8.57. The van der Waals surface area contributed by atoms with Crippen molar-refractivity contribution in [3.05, 3.63) is 48.0 Å². The van der Waals surface area contributed by atoms with Crippen LogP contribution in [0.3, 0.4) is 0 Å². The molecule has 1 aliphatic heterocycles. The van der Waals surface area contributed by atoms with Crippen LogP contribution in [0.4, 0.5) is 0 Å². The lowest BCUT2D eigenvalue weighted by Gasteiger charge is -2.33. The molecule has 2 heterocycles. The van der Waals surface area contributed by atoms with Crippen molar-refractivity contribution >= 4 is 11.9 Å². The molecular weight excluding hydrogens is 320 g/mol. The zero-order valence-electron chi connectivity index (χ0n) is 14.0. The van der Waals surface area contributed by atoms with E-state index >= 15 is 0 Å². The van der Waals surface area contributed by atoms with Gasteiger partial charge in [-0.05, 0) is 37.0 Å². The van der Waals surface area contributed by atoms with E-state index in [2.05, 4.69) is 10.1 Å². The number of hydrogen-bond donors (Lipinski definition) is 1. The van der Waals surface area contributed by atoms with E-state index in [1.165, 1.54) is 6.33 Å². The van der Waals surface area contributed by atoms with Gasteiger partial charge in [-0.15, -0.1) is 0 Å². The summed E-state index contributed by atoms with van der Waals surface area (Å²) in [4.78, 5) is 29.4. The molecule has 1 fully saturated rings. The molecule has 0 saturated carbocycles. The maximum Gasteiger partial charge on any atom is 0.335 e. The Kier molecular flexibility index (Phi) is 5.42. The number of nitrogens with zero attached hydrogens (tertiary/aromatic N) is 4. The van der Waals surface area contributed by atoms with E-state index in [4.69, 9.17) is 5.11 Å². The van der Waals surface area contributed by atoms with Crippen LogP contribution >= 0.6 is 0 Å². The summed E-state index contributed by atoms with van der Waals surface area (Å²) in [6, 6.07) is 7.06. The van der Waals surface area contributed by atoms with E-state index in [1.807, 2.05) is 11.0 Å². The number of aryl methyl sites for hydroxylation is 1. The molecule has 1 amide bonds. The SMILES string of the molecule is O=C(O)c1cccc(C2CCCN(C(=O)CCCn3cncn3)C2)c1. The molecular formula is C18H22N4O3. The molecule has 7 nitrogen and oxygen atoms in total. The molecule has 25 heavy (non-hydrogen) atoms. The van der Waals surface area contributed by atoms with Gasteiger partial charge in [-0.2, -0.15) is 5.10 Å². The first-order chi connectivity index (χ1) is 12.1. The van der Waals surface area contributed by atoms with Crippen LogP contribution in [0, 0.1) is 0 Å². The van der Waals surface area contributed by atoms with E-state index < -0.39 is 5.97 Å². The first-order valence-corrected chi connectivity index (χ1v) is 8.57. The molecule has 132 valence electrons. The minimum atomic E-state index is -0.918. The van der Waals surface area contributed by atoms with Crippen LogP contribution in [0.5, 0.6) is 0 Å². The number of piperidine rings is 1. The molecule has 0 radical (unpaired) electrons. The summed E-state index contributed by atoms with van der Waals surface area (Å²) in [6.45, 7) is 2.12. The average Bonchev–Trinajstić information content (AvgIpc) is 3.15. The third-order valence-electron chi connectivity index (χ3n) is 4.62. The molecule has 1 N–H and O–H groups in total. The topological polar surface area (TPSA) is 88.3 Å². The van der Waals surface area contributed by atoms with Gasteiger partial charge in [0.1, 0.15) is 12.7 Å². The number of benzene rings is 1. The van der Waals surface area contributed by atoms with Crippen LogP contribution in [0.2, 0.25) is 0 Å². The molecule has 1 aromatic heterocycles. The van der Waals surface area contributed by atoms with E-state index in [-0.39, 0.29) is 11.8 Å². The Labute approximate surface area is 146 Å². The van der Waals surface area contributed by atoms with Gasteiger partial charge in [0.15, 0.2) is 0 Å². The molecule has 7 heteroatoms. The quantitative estimate of drug-likeness (QED) is 0.869. The van der Waals surface area contributed by atoms with Crippen LogP contribution in [-0.2, 0) is 11.3 Å². The number of carbonyl (C=O) groups excluding carboxylic acids is 1. The van der Waals surface area contributed by atoms with Crippen LogP contribution < -0.4 is 0 Å². The lowest BCUT2D eigenvalue weighted by atomic mass is 9.89. The fourth-order valence-corrected chi connectivity index (χ4v) is 3.30. The molecule has 3 rings (SSSR count). The molecule has 1 aliphatic rings. The highest BCUT2D eigenvalue weighted by molar-refractivity contribution is 5.87. The third-order valence-corrected chi connectivity index (χ3v) is 4.62. The van der Waals surface area contributed by atoms with E-state index in [0.717, 1.165) is 31.4 Å². The fourth-order valence-electron chi connectivity index (χ4n) is 3.30. The number of likely N-dealkylation sites (tertiary alicyclic amines) is 1. The van der Waals surface area contributed by atoms with Gasteiger partial charge in [-0.25, -0.2) is 9.78 Å². The minimum Gasteiger partial charge on any atom is -0.478 e. The largest absolute Gasteiger partial charge is 0.478 e. The minimum absolute atomic E-state index is 0.152. The highest BCUT2D eigenvalue weighted by atomic mass is 16.4. The standard InChI is InChI=1S/C18H22N4O3/c23-17(7-3-9-22-13-19-12-20-22)21-8-2-6-16(11-21)14-4-1-5-15(10-14)18(24)25/h1,4-5,10,12-13,16H,2-3,6-9,11H2,(H,24,25). The Morgan fingerprint density at radius 2 is 2.20 bits per heavy atom. The number of aromatic nitrogens is 3. The number of carbonyl (C=O) groups is 2. The van der Waals surface area contributed by atoms with Gasteiger partial charge in [-0.1, -0.05) is 12.1 Å². The molecule has 0 spiro atoms. The van der Waals surface area contributed by atoms with E-state index in [0.29, 0.717) is 25.1 Å². The van der Waals surface area contributed by atoms with Gasteiger partial charge in [0.05, 0.1) is 5.56 Å². The summed E-state index contributed by atoms with van der Waals surface area (Å²) in [7, 11) is 0. The summed E-state index contributed by atoms with van der Waals surface area (Å²) in [5.41, 5.74) is 1.30. The van der Waals surface area contributed by atoms with Crippen molar-refractivity contribution in [2.24, 2.45) is 0 Å².